The van der Waals surface area contributed by atoms with Gasteiger partial charge < -0.3 is 4.98 Å². The van der Waals surface area contributed by atoms with Gasteiger partial charge in [-0.1, -0.05) is 18.9 Å². The Kier molecular flexibility index (Phi) is 2.65. The number of aromatic nitrogens is 4. The maximum absolute atomic E-state index is 4.78. The summed E-state index contributed by atoms with van der Waals surface area (Å²) in [5.74, 6) is 1.78. The average molecular weight is 272 g/mol. The van der Waals surface area contributed by atoms with E-state index in [0.717, 1.165) is 23.5 Å². The number of nitrogens with zero attached hydrogens (tertiary/aromatic N) is 3. The van der Waals surface area contributed by atoms with Crippen molar-refractivity contribution in [3.05, 3.63) is 34.4 Å². The molecular weight excluding hydrogens is 256 g/mol. The van der Waals surface area contributed by atoms with Crippen LogP contribution in [0.25, 0.3) is 11.2 Å². The van der Waals surface area contributed by atoms with Crippen LogP contribution in [0.1, 0.15) is 42.3 Å². The minimum atomic E-state index is 0.627. The summed E-state index contributed by atoms with van der Waals surface area (Å²) in [5.41, 5.74) is 2.06. The molecule has 1 fully saturated rings. The van der Waals surface area contributed by atoms with Crippen molar-refractivity contribution in [2.45, 2.75) is 38.1 Å². The molecule has 5 heteroatoms. The Morgan fingerprint density at radius 2 is 2.26 bits per heavy atom. The topological polar surface area (TPSA) is 46.5 Å². The molecule has 0 bridgehead atoms. The van der Waals surface area contributed by atoms with Crippen molar-refractivity contribution in [3.8, 4) is 0 Å². The fourth-order valence-corrected chi connectivity index (χ4v) is 3.61. The molecule has 0 spiro atoms. The third-order valence-electron chi connectivity index (χ3n) is 3.93. The lowest BCUT2D eigenvalue weighted by Crippen LogP contribution is -2.01. The first kappa shape index (κ1) is 11.2. The highest BCUT2D eigenvalue weighted by Gasteiger charge is 2.21. The van der Waals surface area contributed by atoms with Gasteiger partial charge in [0.25, 0.3) is 0 Å². The second kappa shape index (κ2) is 4.49. The largest absolute Gasteiger partial charge is 0.339 e. The molecule has 1 aliphatic carbocycles. The predicted molar refractivity (Wildman–Crippen MR) is 76.5 cm³/mol. The fourth-order valence-electron chi connectivity index (χ4n) is 2.92. The van der Waals surface area contributed by atoms with Gasteiger partial charge >= 0.3 is 0 Å². The van der Waals surface area contributed by atoms with Crippen LogP contribution in [0.5, 0.6) is 0 Å². The Morgan fingerprint density at radius 3 is 3.05 bits per heavy atom. The van der Waals surface area contributed by atoms with Crippen molar-refractivity contribution >= 4 is 22.5 Å². The van der Waals surface area contributed by atoms with E-state index >= 15 is 0 Å². The van der Waals surface area contributed by atoms with Crippen LogP contribution in [-0.4, -0.2) is 19.7 Å². The van der Waals surface area contributed by atoms with E-state index in [1.54, 1.807) is 11.3 Å². The molecule has 98 valence electrons. The molecule has 3 heterocycles. The maximum atomic E-state index is 4.78. The molecule has 1 saturated carbocycles. The van der Waals surface area contributed by atoms with Crippen LogP contribution in [0, 0.1) is 0 Å². The first-order valence-electron chi connectivity index (χ1n) is 6.84. The van der Waals surface area contributed by atoms with Gasteiger partial charge in [0.05, 0.1) is 12.7 Å². The van der Waals surface area contributed by atoms with Gasteiger partial charge in [-0.05, 0) is 24.3 Å². The van der Waals surface area contributed by atoms with Crippen molar-refractivity contribution in [1.82, 2.24) is 19.7 Å². The highest BCUT2D eigenvalue weighted by molar-refractivity contribution is 7.09. The lowest BCUT2D eigenvalue weighted by Gasteiger charge is -2.03. The molecular formula is C14H16N4S. The molecule has 1 N–H and O–H groups in total. The molecule has 1 aliphatic rings. The van der Waals surface area contributed by atoms with E-state index in [2.05, 4.69) is 27.6 Å². The summed E-state index contributed by atoms with van der Waals surface area (Å²) in [6.45, 7) is 0.816. The number of aromatic amines is 1. The first-order valence-corrected chi connectivity index (χ1v) is 7.72. The van der Waals surface area contributed by atoms with Gasteiger partial charge in [0.15, 0.2) is 5.65 Å². The van der Waals surface area contributed by atoms with Gasteiger partial charge in [-0.25, -0.2) is 9.67 Å². The molecule has 0 atom stereocenters. The molecule has 0 saturated heterocycles. The average Bonchev–Trinajstić information content (AvgIpc) is 3.15. The third-order valence-corrected chi connectivity index (χ3v) is 4.79. The molecule has 3 aromatic heterocycles. The third kappa shape index (κ3) is 1.98. The summed E-state index contributed by atoms with van der Waals surface area (Å²) in [5, 5.41) is 6.53. The second-order valence-corrected chi connectivity index (χ2v) is 6.25. The molecule has 0 unspecified atom stereocenters. The fraction of sp³-hybridized carbons (Fsp3) is 0.429. The zero-order valence-corrected chi connectivity index (χ0v) is 11.5. The van der Waals surface area contributed by atoms with E-state index in [1.165, 1.54) is 30.6 Å². The van der Waals surface area contributed by atoms with Crippen molar-refractivity contribution in [1.29, 1.82) is 0 Å². The van der Waals surface area contributed by atoms with Crippen LogP contribution < -0.4 is 0 Å². The van der Waals surface area contributed by atoms with Crippen molar-refractivity contribution in [3.63, 3.8) is 0 Å². The molecule has 0 radical (unpaired) electrons. The number of rotatable bonds is 3. The summed E-state index contributed by atoms with van der Waals surface area (Å²) in [6, 6.07) is 4.22. The lowest BCUT2D eigenvalue weighted by molar-refractivity contribution is 0.669. The van der Waals surface area contributed by atoms with Gasteiger partial charge in [0, 0.05) is 10.8 Å². The zero-order valence-electron chi connectivity index (χ0n) is 10.7. The van der Waals surface area contributed by atoms with Gasteiger partial charge in [0.2, 0.25) is 0 Å². The smallest absolute Gasteiger partial charge is 0.176 e. The van der Waals surface area contributed by atoms with E-state index in [0.29, 0.717) is 5.92 Å². The standard InChI is InChI=1S/C14H16N4S/c1-2-5-10(4-1)13-16-12-8-15-18(14(12)17-13)9-11-6-3-7-19-11/h3,6-8,10H,1-2,4-5,9H2,(H,16,17). The van der Waals surface area contributed by atoms with Crippen LogP contribution in [-0.2, 0) is 6.54 Å². The van der Waals surface area contributed by atoms with E-state index < -0.39 is 0 Å². The number of nitrogens with one attached hydrogen (secondary N) is 1. The van der Waals surface area contributed by atoms with Crippen LogP contribution in [0.2, 0.25) is 0 Å². The number of hydrogen-bond acceptors (Lipinski definition) is 3. The van der Waals surface area contributed by atoms with E-state index in [9.17, 15) is 0 Å². The number of thiophene rings is 1. The molecule has 0 amide bonds. The Labute approximate surface area is 115 Å². The van der Waals surface area contributed by atoms with Crippen molar-refractivity contribution in [2.75, 3.05) is 0 Å². The summed E-state index contributed by atoms with van der Waals surface area (Å²) < 4.78 is 2.00. The minimum Gasteiger partial charge on any atom is -0.339 e. The molecule has 19 heavy (non-hydrogen) atoms. The monoisotopic (exact) mass is 272 g/mol. The van der Waals surface area contributed by atoms with Gasteiger partial charge in [0.1, 0.15) is 11.3 Å². The number of H-pyrrole nitrogens is 1. The number of imidazole rings is 1. The minimum absolute atomic E-state index is 0.627. The molecule has 4 rings (SSSR count). The summed E-state index contributed by atoms with van der Waals surface area (Å²) in [6.07, 6.45) is 7.11. The van der Waals surface area contributed by atoms with Crippen LogP contribution >= 0.6 is 11.3 Å². The van der Waals surface area contributed by atoms with E-state index in [-0.39, 0.29) is 0 Å². The SMILES string of the molecule is c1csc(Cn2ncc3[nH]c(C4CCCC4)nc32)c1. The normalized spacial score (nSPS) is 16.6. The first-order chi connectivity index (χ1) is 9.40. The maximum Gasteiger partial charge on any atom is 0.176 e. The van der Waals surface area contributed by atoms with Crippen molar-refractivity contribution < 1.29 is 0 Å². The predicted octanol–water partition coefficient (Wildman–Crippen LogP) is 3.53. The highest BCUT2D eigenvalue weighted by Crippen LogP contribution is 2.33. The highest BCUT2D eigenvalue weighted by atomic mass is 32.1. The molecule has 0 aliphatic heterocycles. The number of fused-ring (bicyclic) bond motifs is 1. The Balaban J connectivity index is 1.68. The Hall–Kier alpha value is -1.62. The Bertz CT molecular complexity index is 674. The van der Waals surface area contributed by atoms with Crippen LogP contribution in [0.15, 0.2) is 23.7 Å². The Morgan fingerprint density at radius 1 is 1.37 bits per heavy atom. The van der Waals surface area contributed by atoms with Crippen LogP contribution in [0.4, 0.5) is 0 Å². The summed E-state index contributed by atoms with van der Waals surface area (Å²) >= 11 is 1.76. The lowest BCUT2D eigenvalue weighted by atomic mass is 10.1. The van der Waals surface area contributed by atoms with E-state index in [4.69, 9.17) is 4.98 Å². The molecule has 0 aromatic carbocycles. The molecule has 4 nitrogen and oxygen atoms in total. The van der Waals surface area contributed by atoms with Gasteiger partial charge in [-0.2, -0.15) is 5.10 Å². The molecule has 3 aromatic rings. The number of hydrogen-bond donors (Lipinski definition) is 1. The van der Waals surface area contributed by atoms with Crippen molar-refractivity contribution in [2.24, 2.45) is 0 Å². The van der Waals surface area contributed by atoms with E-state index in [1.807, 2.05) is 10.9 Å². The second-order valence-electron chi connectivity index (χ2n) is 5.22. The van der Waals surface area contributed by atoms with Gasteiger partial charge in [-0.3, -0.25) is 0 Å². The van der Waals surface area contributed by atoms with Gasteiger partial charge in [-0.15, -0.1) is 11.3 Å². The summed E-state index contributed by atoms with van der Waals surface area (Å²) in [7, 11) is 0. The van der Waals surface area contributed by atoms with Crippen LogP contribution in [0.3, 0.4) is 0 Å². The summed E-state index contributed by atoms with van der Waals surface area (Å²) in [4.78, 5) is 9.55. The quantitative estimate of drug-likeness (QED) is 0.793. The zero-order chi connectivity index (χ0) is 12.7.